The minimum atomic E-state index is -0.179. The van der Waals surface area contributed by atoms with Gasteiger partial charge in [-0.1, -0.05) is 66.4 Å². The molecule has 0 spiro atoms. The maximum absolute atomic E-state index is 12.2. The molecule has 0 bridgehead atoms. The van der Waals surface area contributed by atoms with Crippen LogP contribution in [0.15, 0.2) is 88.7 Å². The first-order chi connectivity index (χ1) is 12.8. The Morgan fingerprint density at radius 2 is 1.38 bits per heavy atom. The summed E-state index contributed by atoms with van der Waals surface area (Å²) in [6, 6.07) is 26.4. The Morgan fingerprint density at radius 3 is 2.04 bits per heavy atom. The van der Waals surface area contributed by atoms with E-state index in [1.54, 1.807) is 11.8 Å². The molecule has 1 aliphatic rings. The van der Waals surface area contributed by atoms with Crippen LogP contribution >= 0.6 is 11.8 Å². The number of fused-ring (bicyclic) bond motifs is 2. The smallest absolute Gasteiger partial charge is 0.307 e. The molecule has 130 valence electrons. The summed E-state index contributed by atoms with van der Waals surface area (Å²) in [5.74, 6) is -0.179. The second kappa shape index (κ2) is 7.67. The van der Waals surface area contributed by atoms with Gasteiger partial charge in [-0.2, -0.15) is 0 Å². The fourth-order valence-electron chi connectivity index (χ4n) is 3.04. The van der Waals surface area contributed by atoms with Crippen molar-refractivity contribution in [3.05, 3.63) is 84.4 Å². The molecular weight excluding hydrogens is 342 g/mol. The normalized spacial score (nSPS) is 12.2. The lowest BCUT2D eigenvalue weighted by Gasteiger charge is -2.32. The summed E-state index contributed by atoms with van der Waals surface area (Å²) in [5.41, 5.74) is 3.30. The molecule has 0 aliphatic carbocycles. The van der Waals surface area contributed by atoms with Crippen LogP contribution in [0.2, 0.25) is 0 Å². The van der Waals surface area contributed by atoms with Crippen LogP contribution in [-0.4, -0.2) is 12.5 Å². The number of benzene rings is 3. The number of anilines is 2. The lowest BCUT2D eigenvalue weighted by molar-refractivity contribution is -0.144. The number of carbonyl (C=O) groups excluding carboxylic acids is 1. The second-order valence-electron chi connectivity index (χ2n) is 6.09. The quantitative estimate of drug-likeness (QED) is 0.567. The standard InChI is InChI=1S/C22H19NO2S/c24-22(25-16-17-8-2-1-3-9-17)14-15-23-18-10-4-6-12-20(18)26-21-13-7-5-11-19(21)23/h1-13H,14-16H2. The summed E-state index contributed by atoms with van der Waals surface area (Å²) in [6.45, 7) is 0.922. The van der Waals surface area contributed by atoms with Gasteiger partial charge in [0.15, 0.2) is 0 Å². The summed E-state index contributed by atoms with van der Waals surface area (Å²) >= 11 is 1.77. The molecule has 0 atom stereocenters. The molecule has 4 heteroatoms. The average molecular weight is 361 g/mol. The molecule has 0 aromatic heterocycles. The number of para-hydroxylation sites is 2. The van der Waals surface area contributed by atoms with Crippen molar-refractivity contribution in [1.29, 1.82) is 0 Å². The van der Waals surface area contributed by atoms with E-state index < -0.39 is 0 Å². The maximum Gasteiger partial charge on any atom is 0.307 e. The zero-order valence-corrected chi connectivity index (χ0v) is 15.1. The minimum absolute atomic E-state index is 0.179. The monoisotopic (exact) mass is 361 g/mol. The van der Waals surface area contributed by atoms with Gasteiger partial charge in [0.25, 0.3) is 0 Å². The number of rotatable bonds is 5. The zero-order valence-electron chi connectivity index (χ0n) is 14.3. The molecule has 0 N–H and O–H groups in total. The van der Waals surface area contributed by atoms with Gasteiger partial charge in [-0.25, -0.2) is 0 Å². The van der Waals surface area contributed by atoms with Crippen LogP contribution in [0.4, 0.5) is 11.4 Å². The van der Waals surface area contributed by atoms with E-state index in [0.717, 1.165) is 16.9 Å². The van der Waals surface area contributed by atoms with E-state index in [0.29, 0.717) is 19.6 Å². The molecule has 0 fully saturated rings. The van der Waals surface area contributed by atoms with E-state index in [2.05, 4.69) is 29.2 Å². The zero-order chi connectivity index (χ0) is 17.8. The Bertz CT molecular complexity index is 865. The van der Waals surface area contributed by atoms with E-state index in [1.807, 2.05) is 54.6 Å². The van der Waals surface area contributed by atoms with Crippen molar-refractivity contribution in [1.82, 2.24) is 0 Å². The summed E-state index contributed by atoms with van der Waals surface area (Å²) in [4.78, 5) is 16.9. The van der Waals surface area contributed by atoms with Crippen molar-refractivity contribution in [3.8, 4) is 0 Å². The van der Waals surface area contributed by atoms with Crippen molar-refractivity contribution < 1.29 is 9.53 Å². The van der Waals surface area contributed by atoms with E-state index in [9.17, 15) is 4.79 Å². The van der Waals surface area contributed by atoms with Gasteiger partial charge in [0.05, 0.1) is 17.8 Å². The van der Waals surface area contributed by atoms with E-state index in [1.165, 1.54) is 9.79 Å². The minimum Gasteiger partial charge on any atom is -0.461 e. The molecule has 0 radical (unpaired) electrons. The number of hydrogen-bond donors (Lipinski definition) is 0. The number of carbonyl (C=O) groups is 1. The second-order valence-corrected chi connectivity index (χ2v) is 7.17. The molecule has 3 aromatic carbocycles. The van der Waals surface area contributed by atoms with Crippen molar-refractivity contribution in [3.63, 3.8) is 0 Å². The molecule has 4 rings (SSSR count). The topological polar surface area (TPSA) is 29.5 Å². The van der Waals surface area contributed by atoms with E-state index in [4.69, 9.17) is 4.74 Å². The average Bonchev–Trinajstić information content (AvgIpc) is 2.70. The Hall–Kier alpha value is -2.72. The van der Waals surface area contributed by atoms with Crippen molar-refractivity contribution in [2.24, 2.45) is 0 Å². The molecular formula is C22H19NO2S. The number of esters is 1. The van der Waals surface area contributed by atoms with Gasteiger partial charge in [-0.3, -0.25) is 4.79 Å². The SMILES string of the molecule is O=C(CCN1c2ccccc2Sc2ccccc21)OCc1ccccc1. The van der Waals surface area contributed by atoms with Gasteiger partial charge < -0.3 is 9.64 Å². The largest absolute Gasteiger partial charge is 0.461 e. The molecule has 26 heavy (non-hydrogen) atoms. The summed E-state index contributed by atoms with van der Waals surface area (Å²) < 4.78 is 5.42. The Kier molecular flexibility index (Phi) is 4.93. The maximum atomic E-state index is 12.2. The third kappa shape index (κ3) is 3.60. The highest BCUT2D eigenvalue weighted by atomic mass is 32.2. The molecule has 0 amide bonds. The third-order valence-corrected chi connectivity index (χ3v) is 5.44. The van der Waals surface area contributed by atoms with Gasteiger partial charge in [0, 0.05) is 16.3 Å². The van der Waals surface area contributed by atoms with E-state index in [-0.39, 0.29) is 5.97 Å². The Morgan fingerprint density at radius 1 is 0.808 bits per heavy atom. The summed E-state index contributed by atoms with van der Waals surface area (Å²) in [7, 11) is 0. The van der Waals surface area contributed by atoms with E-state index >= 15 is 0 Å². The van der Waals surface area contributed by atoms with Crippen LogP contribution < -0.4 is 4.90 Å². The lowest BCUT2D eigenvalue weighted by atomic mass is 10.2. The van der Waals surface area contributed by atoms with Gasteiger partial charge >= 0.3 is 5.97 Å². The van der Waals surface area contributed by atoms with Crippen LogP contribution in [0.1, 0.15) is 12.0 Å². The van der Waals surface area contributed by atoms with Gasteiger partial charge in [0.2, 0.25) is 0 Å². The van der Waals surface area contributed by atoms with Gasteiger partial charge in [-0.05, 0) is 29.8 Å². The first-order valence-corrected chi connectivity index (χ1v) is 9.46. The molecule has 0 saturated heterocycles. The van der Waals surface area contributed by atoms with Crippen LogP contribution in [0.3, 0.4) is 0 Å². The lowest BCUT2D eigenvalue weighted by Crippen LogP contribution is -2.24. The highest BCUT2D eigenvalue weighted by Crippen LogP contribution is 2.47. The van der Waals surface area contributed by atoms with Crippen molar-refractivity contribution in [2.45, 2.75) is 22.8 Å². The highest BCUT2D eigenvalue weighted by molar-refractivity contribution is 7.99. The highest BCUT2D eigenvalue weighted by Gasteiger charge is 2.23. The number of hydrogen-bond acceptors (Lipinski definition) is 4. The summed E-state index contributed by atoms with van der Waals surface area (Å²) in [6.07, 6.45) is 0.347. The molecule has 3 aromatic rings. The van der Waals surface area contributed by atoms with Crippen LogP contribution in [-0.2, 0) is 16.1 Å². The number of ether oxygens (including phenoxy) is 1. The van der Waals surface area contributed by atoms with Crippen molar-refractivity contribution in [2.75, 3.05) is 11.4 Å². The molecule has 1 heterocycles. The van der Waals surface area contributed by atoms with Gasteiger partial charge in [0.1, 0.15) is 6.61 Å². The fraction of sp³-hybridized carbons (Fsp3) is 0.136. The molecule has 0 saturated carbocycles. The van der Waals surface area contributed by atoms with Crippen LogP contribution in [0.5, 0.6) is 0 Å². The summed E-state index contributed by atoms with van der Waals surface area (Å²) in [5, 5.41) is 0. The predicted molar refractivity (Wildman–Crippen MR) is 105 cm³/mol. The fourth-order valence-corrected chi connectivity index (χ4v) is 4.13. The molecule has 1 aliphatic heterocycles. The first-order valence-electron chi connectivity index (χ1n) is 8.64. The van der Waals surface area contributed by atoms with Gasteiger partial charge in [-0.15, -0.1) is 0 Å². The Balaban J connectivity index is 1.45. The van der Waals surface area contributed by atoms with Crippen molar-refractivity contribution >= 4 is 29.1 Å². The van der Waals surface area contributed by atoms with Crippen LogP contribution in [0.25, 0.3) is 0 Å². The molecule has 0 unspecified atom stereocenters. The van der Waals surface area contributed by atoms with Crippen LogP contribution in [0, 0.1) is 0 Å². The number of nitrogens with zero attached hydrogens (tertiary/aromatic N) is 1. The third-order valence-electron chi connectivity index (χ3n) is 4.31. The Labute approximate surface area is 157 Å². The predicted octanol–water partition coefficient (Wildman–Crippen LogP) is 5.42. The molecule has 3 nitrogen and oxygen atoms in total. The first kappa shape index (κ1) is 16.7.